The minimum atomic E-state index is 0.442. The molecule has 0 unspecified atom stereocenters. The van der Waals surface area contributed by atoms with Crippen molar-refractivity contribution in [2.24, 2.45) is 7.05 Å². The van der Waals surface area contributed by atoms with E-state index in [-0.39, 0.29) is 0 Å². The van der Waals surface area contributed by atoms with Crippen LogP contribution in [0.3, 0.4) is 0 Å². The molecule has 0 bridgehead atoms. The molecule has 0 atom stereocenters. The van der Waals surface area contributed by atoms with E-state index in [1.807, 2.05) is 25.5 Å². The number of nitrogens with two attached hydrogens (primary N) is 1. The summed E-state index contributed by atoms with van der Waals surface area (Å²) in [6, 6.07) is 0. The molecular weight excluding hydrogens is 232 g/mol. The second-order valence-corrected chi connectivity index (χ2v) is 4.30. The van der Waals surface area contributed by atoms with Crippen molar-refractivity contribution in [3.05, 3.63) is 23.5 Å². The number of imidazole rings is 1. The van der Waals surface area contributed by atoms with E-state index >= 15 is 0 Å². The molecule has 0 amide bonds. The van der Waals surface area contributed by atoms with Crippen LogP contribution in [-0.4, -0.2) is 24.3 Å². The summed E-state index contributed by atoms with van der Waals surface area (Å²) >= 11 is 0. The Hall–Kier alpha value is -2.31. The summed E-state index contributed by atoms with van der Waals surface area (Å²) in [5.41, 5.74) is 8.49. The van der Waals surface area contributed by atoms with E-state index in [2.05, 4.69) is 15.1 Å². The highest BCUT2D eigenvalue weighted by Gasteiger charge is 2.17. The fourth-order valence-electron chi connectivity index (χ4n) is 2.12. The molecule has 0 aromatic carbocycles. The molecule has 3 heterocycles. The Bertz CT molecular complexity index is 719. The highest BCUT2D eigenvalue weighted by molar-refractivity contribution is 5.77. The average molecular weight is 246 g/mol. The van der Waals surface area contributed by atoms with Gasteiger partial charge in [-0.2, -0.15) is 5.10 Å². The molecule has 0 aliphatic heterocycles. The predicted molar refractivity (Wildman–Crippen MR) is 66.0 cm³/mol. The minimum absolute atomic E-state index is 0.442. The maximum Gasteiger partial charge on any atom is 0.214 e. The van der Waals surface area contributed by atoms with Crippen molar-refractivity contribution in [3.8, 4) is 0 Å². The molecule has 0 aliphatic rings. The van der Waals surface area contributed by atoms with Crippen LogP contribution in [0.2, 0.25) is 0 Å². The smallest absolute Gasteiger partial charge is 0.214 e. The van der Waals surface area contributed by atoms with Crippen LogP contribution < -0.4 is 5.73 Å². The number of aryl methyl sites for hydroxylation is 3. The van der Waals surface area contributed by atoms with Crippen LogP contribution in [0, 0.1) is 13.8 Å². The molecule has 0 saturated heterocycles. The van der Waals surface area contributed by atoms with Gasteiger partial charge in [0.05, 0.1) is 11.9 Å². The molecule has 2 N–H and O–H groups in total. The molecule has 0 fully saturated rings. The quantitative estimate of drug-likeness (QED) is 0.729. The first-order chi connectivity index (χ1) is 8.56. The Kier molecular flexibility index (Phi) is 2.16. The normalized spacial score (nSPS) is 11.5. The third kappa shape index (κ3) is 1.47. The third-order valence-electron chi connectivity index (χ3n) is 2.88. The van der Waals surface area contributed by atoms with Gasteiger partial charge in [0.2, 0.25) is 11.8 Å². The van der Waals surface area contributed by atoms with Crippen molar-refractivity contribution >= 4 is 17.1 Å². The van der Waals surface area contributed by atoms with Crippen molar-refractivity contribution in [1.29, 1.82) is 0 Å². The monoisotopic (exact) mass is 246 g/mol. The van der Waals surface area contributed by atoms with Gasteiger partial charge in [0.25, 0.3) is 0 Å². The van der Waals surface area contributed by atoms with Gasteiger partial charge in [-0.15, -0.1) is 0 Å². The number of nitrogen functional groups attached to an aromatic ring is 1. The van der Waals surface area contributed by atoms with Gasteiger partial charge in [-0.05, 0) is 13.8 Å². The second-order valence-electron chi connectivity index (χ2n) is 4.30. The topological polar surface area (TPSA) is 87.7 Å². The highest BCUT2D eigenvalue weighted by atomic mass is 16.4. The number of hydrogen-bond acceptors (Lipinski definition) is 5. The molecular formula is C11H14N6O. The molecule has 0 spiro atoms. The van der Waals surface area contributed by atoms with Crippen LogP contribution in [-0.2, 0) is 13.6 Å². The van der Waals surface area contributed by atoms with Crippen molar-refractivity contribution in [2.75, 3.05) is 5.73 Å². The Labute approximate surface area is 103 Å². The molecule has 18 heavy (non-hydrogen) atoms. The van der Waals surface area contributed by atoms with E-state index in [1.54, 1.807) is 10.9 Å². The number of anilines is 1. The largest absolute Gasteiger partial charge is 0.444 e. The van der Waals surface area contributed by atoms with E-state index < -0.39 is 0 Å². The van der Waals surface area contributed by atoms with E-state index in [4.69, 9.17) is 10.2 Å². The van der Waals surface area contributed by atoms with Crippen LogP contribution in [0.15, 0.2) is 10.6 Å². The molecule has 0 saturated carbocycles. The lowest BCUT2D eigenvalue weighted by atomic mass is 10.4. The zero-order chi connectivity index (χ0) is 12.9. The van der Waals surface area contributed by atoms with Crippen molar-refractivity contribution in [1.82, 2.24) is 24.3 Å². The summed E-state index contributed by atoms with van der Waals surface area (Å²) in [6.07, 6.45) is 1.69. The zero-order valence-corrected chi connectivity index (χ0v) is 10.5. The van der Waals surface area contributed by atoms with Gasteiger partial charge in [0.15, 0.2) is 5.65 Å². The molecule has 3 rings (SSSR count). The summed E-state index contributed by atoms with van der Waals surface area (Å²) in [5.74, 6) is 1.83. The van der Waals surface area contributed by atoms with Crippen molar-refractivity contribution in [2.45, 2.75) is 20.4 Å². The lowest BCUT2D eigenvalue weighted by Crippen LogP contribution is -2.08. The van der Waals surface area contributed by atoms with Gasteiger partial charge in [-0.25, -0.2) is 9.97 Å². The maximum atomic E-state index is 5.93. The molecule has 0 aliphatic carbocycles. The summed E-state index contributed by atoms with van der Waals surface area (Å²) in [4.78, 5) is 8.50. The first-order valence-electron chi connectivity index (χ1n) is 5.63. The van der Waals surface area contributed by atoms with Crippen LogP contribution >= 0.6 is 0 Å². The summed E-state index contributed by atoms with van der Waals surface area (Å²) in [6.45, 7) is 4.22. The van der Waals surface area contributed by atoms with Gasteiger partial charge in [-0.3, -0.25) is 9.25 Å². The standard InChI is InChI=1S/C11H14N6O/c1-6-4-13-8(18-6)5-17-10-9(14-11(17)12)7(2)15-16(10)3/h4H,5H2,1-3H3,(H2,12,14). The number of aromatic nitrogens is 5. The fraction of sp³-hybridized carbons (Fsp3) is 0.364. The Morgan fingerprint density at radius 3 is 2.83 bits per heavy atom. The minimum Gasteiger partial charge on any atom is -0.444 e. The predicted octanol–water partition coefficient (Wildman–Crippen LogP) is 1.01. The lowest BCUT2D eigenvalue weighted by Gasteiger charge is -2.03. The highest BCUT2D eigenvalue weighted by Crippen LogP contribution is 2.21. The SMILES string of the molecule is Cc1cnc(Cn2c(N)nc3c(C)nn(C)c32)o1. The number of hydrogen-bond donors (Lipinski definition) is 1. The van der Waals surface area contributed by atoms with Crippen LogP contribution in [0.1, 0.15) is 17.3 Å². The Morgan fingerprint density at radius 1 is 1.39 bits per heavy atom. The summed E-state index contributed by atoms with van der Waals surface area (Å²) in [7, 11) is 1.87. The number of rotatable bonds is 2. The summed E-state index contributed by atoms with van der Waals surface area (Å²) in [5, 5.41) is 4.33. The lowest BCUT2D eigenvalue weighted by molar-refractivity contribution is 0.459. The van der Waals surface area contributed by atoms with Gasteiger partial charge >= 0.3 is 0 Å². The van der Waals surface area contributed by atoms with Crippen molar-refractivity contribution < 1.29 is 4.42 Å². The molecule has 3 aromatic rings. The number of fused-ring (bicyclic) bond motifs is 1. The molecule has 7 nitrogen and oxygen atoms in total. The van der Waals surface area contributed by atoms with Gasteiger partial charge in [0, 0.05) is 7.05 Å². The van der Waals surface area contributed by atoms with Crippen LogP contribution in [0.4, 0.5) is 5.95 Å². The third-order valence-corrected chi connectivity index (χ3v) is 2.88. The van der Waals surface area contributed by atoms with E-state index in [0.717, 1.165) is 22.6 Å². The summed E-state index contributed by atoms with van der Waals surface area (Å²) < 4.78 is 9.08. The first-order valence-corrected chi connectivity index (χ1v) is 5.63. The molecule has 3 aromatic heterocycles. The van der Waals surface area contributed by atoms with Gasteiger partial charge in [-0.1, -0.05) is 0 Å². The van der Waals surface area contributed by atoms with Crippen LogP contribution in [0.5, 0.6) is 0 Å². The number of oxazole rings is 1. The fourth-order valence-corrected chi connectivity index (χ4v) is 2.12. The van der Waals surface area contributed by atoms with E-state index in [0.29, 0.717) is 18.4 Å². The van der Waals surface area contributed by atoms with E-state index in [1.165, 1.54) is 0 Å². The van der Waals surface area contributed by atoms with Crippen molar-refractivity contribution in [3.63, 3.8) is 0 Å². The average Bonchev–Trinajstić information content (AvgIpc) is 2.91. The van der Waals surface area contributed by atoms with Crippen LogP contribution in [0.25, 0.3) is 11.2 Å². The molecule has 94 valence electrons. The van der Waals surface area contributed by atoms with E-state index in [9.17, 15) is 0 Å². The maximum absolute atomic E-state index is 5.93. The number of nitrogens with zero attached hydrogens (tertiary/aromatic N) is 5. The molecule has 0 radical (unpaired) electrons. The molecule has 7 heteroatoms. The first kappa shape index (κ1) is 10.8. The zero-order valence-electron chi connectivity index (χ0n) is 10.5. The Morgan fingerprint density at radius 2 is 2.17 bits per heavy atom. The van der Waals surface area contributed by atoms with Gasteiger partial charge in [0.1, 0.15) is 17.8 Å². The van der Waals surface area contributed by atoms with Gasteiger partial charge < -0.3 is 10.2 Å². The Balaban J connectivity index is 2.13. The second kappa shape index (κ2) is 3.59.